The number of nitrogens with one attached hydrogen (secondary N) is 1. The normalized spacial score (nSPS) is 13.6. The molecule has 0 atom stereocenters. The first-order valence-corrected chi connectivity index (χ1v) is 8.70. The van der Waals surface area contributed by atoms with E-state index in [0.29, 0.717) is 35.2 Å². The molecule has 1 aromatic carbocycles. The number of amides is 1. The quantitative estimate of drug-likeness (QED) is 0.856. The molecular weight excluding hydrogens is 332 g/mol. The van der Waals surface area contributed by atoms with Gasteiger partial charge in [-0.3, -0.25) is 4.79 Å². The van der Waals surface area contributed by atoms with Gasteiger partial charge in [-0.05, 0) is 37.5 Å². The van der Waals surface area contributed by atoms with Crippen molar-refractivity contribution < 1.29 is 14.3 Å². The number of carbonyl (C=O) groups excluding carboxylic acids is 1. The number of ether oxygens (including phenoxy) is 2. The van der Waals surface area contributed by atoms with E-state index in [1.54, 1.807) is 20.4 Å². The second kappa shape index (κ2) is 8.03. The number of hydrogen-bond acceptors (Lipinski definition) is 6. The third-order valence-electron chi connectivity index (χ3n) is 4.50. The van der Waals surface area contributed by atoms with Gasteiger partial charge in [-0.15, -0.1) is 0 Å². The van der Waals surface area contributed by atoms with Crippen LogP contribution in [0.1, 0.15) is 34.5 Å². The van der Waals surface area contributed by atoms with Crippen LogP contribution in [0.25, 0.3) is 0 Å². The largest absolute Gasteiger partial charge is 0.493 e. The second-order valence-electron chi connectivity index (χ2n) is 6.24. The number of nitrogens with zero attached hydrogens (tertiary/aromatic N) is 3. The first-order chi connectivity index (χ1) is 12.6. The van der Waals surface area contributed by atoms with E-state index in [1.165, 1.54) is 0 Å². The summed E-state index contributed by atoms with van der Waals surface area (Å²) < 4.78 is 10.5. The summed E-state index contributed by atoms with van der Waals surface area (Å²) in [6.07, 6.45) is 3.94. The predicted molar refractivity (Wildman–Crippen MR) is 98.9 cm³/mol. The zero-order chi connectivity index (χ0) is 18.5. The molecule has 2 aromatic rings. The van der Waals surface area contributed by atoms with Gasteiger partial charge in [0.1, 0.15) is 0 Å². The number of methoxy groups -OCH3 is 2. The summed E-state index contributed by atoms with van der Waals surface area (Å²) >= 11 is 0. The summed E-state index contributed by atoms with van der Waals surface area (Å²) in [7, 11) is 3.18. The van der Waals surface area contributed by atoms with E-state index >= 15 is 0 Å². The van der Waals surface area contributed by atoms with Crippen molar-refractivity contribution in [2.45, 2.75) is 26.3 Å². The number of rotatable bonds is 6. The number of anilines is 1. The minimum absolute atomic E-state index is 0.190. The van der Waals surface area contributed by atoms with Crippen LogP contribution in [0.4, 0.5) is 5.95 Å². The molecule has 0 spiro atoms. The van der Waals surface area contributed by atoms with Gasteiger partial charge in [-0.2, -0.15) is 0 Å². The van der Waals surface area contributed by atoms with Gasteiger partial charge in [0.25, 0.3) is 5.91 Å². The van der Waals surface area contributed by atoms with Crippen LogP contribution in [0.15, 0.2) is 24.4 Å². The number of benzene rings is 1. The highest BCUT2D eigenvalue weighted by Gasteiger charge is 2.18. The van der Waals surface area contributed by atoms with E-state index in [-0.39, 0.29) is 5.91 Å². The standard InChI is InChI=1S/C19H24N4O3/c1-13-15(12-21-19(22-13)23-8-4-5-9-23)18(24)20-11-14-6-7-16(25-2)17(10-14)26-3/h6-7,10,12H,4-5,8-9,11H2,1-3H3,(H,20,24). The third-order valence-corrected chi connectivity index (χ3v) is 4.50. The summed E-state index contributed by atoms with van der Waals surface area (Å²) in [6, 6.07) is 5.56. The van der Waals surface area contributed by atoms with Crippen molar-refractivity contribution in [2.75, 3.05) is 32.2 Å². The molecule has 1 saturated heterocycles. The zero-order valence-electron chi connectivity index (χ0n) is 15.4. The molecule has 0 unspecified atom stereocenters. The molecule has 3 rings (SSSR count). The van der Waals surface area contributed by atoms with E-state index in [9.17, 15) is 4.79 Å². The second-order valence-corrected chi connectivity index (χ2v) is 6.24. The van der Waals surface area contributed by atoms with E-state index < -0.39 is 0 Å². The molecular formula is C19H24N4O3. The van der Waals surface area contributed by atoms with Gasteiger partial charge in [-0.1, -0.05) is 6.07 Å². The van der Waals surface area contributed by atoms with Gasteiger partial charge in [0.2, 0.25) is 5.95 Å². The Morgan fingerprint density at radius 3 is 2.58 bits per heavy atom. The maximum atomic E-state index is 12.5. The smallest absolute Gasteiger partial charge is 0.254 e. The molecule has 26 heavy (non-hydrogen) atoms. The number of hydrogen-bond donors (Lipinski definition) is 1. The Morgan fingerprint density at radius 2 is 1.92 bits per heavy atom. The molecule has 0 bridgehead atoms. The van der Waals surface area contributed by atoms with E-state index in [1.807, 2.05) is 25.1 Å². The average molecular weight is 356 g/mol. The highest BCUT2D eigenvalue weighted by Crippen LogP contribution is 2.27. The predicted octanol–water partition coefficient (Wildman–Crippen LogP) is 2.33. The molecule has 1 aromatic heterocycles. The Morgan fingerprint density at radius 1 is 1.19 bits per heavy atom. The number of carbonyl (C=O) groups is 1. The van der Waals surface area contributed by atoms with Gasteiger partial charge in [0.15, 0.2) is 11.5 Å². The molecule has 1 amide bonds. The van der Waals surface area contributed by atoms with Crippen molar-refractivity contribution in [2.24, 2.45) is 0 Å². The van der Waals surface area contributed by atoms with Crippen LogP contribution in [0, 0.1) is 6.92 Å². The molecule has 0 saturated carbocycles. The van der Waals surface area contributed by atoms with Gasteiger partial charge < -0.3 is 19.7 Å². The minimum atomic E-state index is -0.190. The summed E-state index contributed by atoms with van der Waals surface area (Å²) in [5.41, 5.74) is 2.10. The third kappa shape index (κ3) is 3.87. The summed E-state index contributed by atoms with van der Waals surface area (Å²) in [6.45, 7) is 4.17. The molecule has 1 aliphatic rings. The summed E-state index contributed by atoms with van der Waals surface area (Å²) in [4.78, 5) is 23.5. The van der Waals surface area contributed by atoms with Crippen molar-refractivity contribution in [1.29, 1.82) is 0 Å². The first kappa shape index (κ1) is 18.0. The molecule has 7 nitrogen and oxygen atoms in total. The topological polar surface area (TPSA) is 76.6 Å². The molecule has 1 aliphatic heterocycles. The molecule has 138 valence electrons. The highest BCUT2D eigenvalue weighted by atomic mass is 16.5. The lowest BCUT2D eigenvalue weighted by Crippen LogP contribution is -2.26. The molecule has 1 fully saturated rings. The van der Waals surface area contributed by atoms with Crippen molar-refractivity contribution in [3.63, 3.8) is 0 Å². The van der Waals surface area contributed by atoms with Crippen LogP contribution >= 0.6 is 0 Å². The van der Waals surface area contributed by atoms with Crippen LogP contribution in [-0.4, -0.2) is 43.2 Å². The summed E-state index contributed by atoms with van der Waals surface area (Å²) in [5, 5.41) is 2.90. The Balaban J connectivity index is 1.66. The fraction of sp³-hybridized carbons (Fsp3) is 0.421. The van der Waals surface area contributed by atoms with Gasteiger partial charge >= 0.3 is 0 Å². The van der Waals surface area contributed by atoms with Crippen LogP contribution in [0.5, 0.6) is 11.5 Å². The summed E-state index contributed by atoms with van der Waals surface area (Å²) in [5.74, 6) is 1.81. The SMILES string of the molecule is COc1ccc(CNC(=O)c2cnc(N3CCCC3)nc2C)cc1OC. The molecule has 2 heterocycles. The lowest BCUT2D eigenvalue weighted by Gasteiger charge is -2.16. The highest BCUT2D eigenvalue weighted by molar-refractivity contribution is 5.94. The maximum Gasteiger partial charge on any atom is 0.254 e. The Labute approximate surface area is 153 Å². The zero-order valence-corrected chi connectivity index (χ0v) is 15.4. The van der Waals surface area contributed by atoms with Gasteiger partial charge in [0, 0.05) is 25.8 Å². The van der Waals surface area contributed by atoms with Crippen LogP contribution in [0.3, 0.4) is 0 Å². The van der Waals surface area contributed by atoms with Crippen molar-refractivity contribution in [3.8, 4) is 11.5 Å². The van der Waals surface area contributed by atoms with E-state index in [2.05, 4.69) is 20.2 Å². The van der Waals surface area contributed by atoms with E-state index in [0.717, 1.165) is 31.5 Å². The lowest BCUT2D eigenvalue weighted by atomic mass is 10.2. The molecule has 1 N–H and O–H groups in total. The molecule has 0 radical (unpaired) electrons. The average Bonchev–Trinajstić information content (AvgIpc) is 3.20. The number of aryl methyl sites for hydroxylation is 1. The Hall–Kier alpha value is -2.83. The Bertz CT molecular complexity index is 788. The van der Waals surface area contributed by atoms with Gasteiger partial charge in [-0.25, -0.2) is 9.97 Å². The maximum absolute atomic E-state index is 12.5. The van der Waals surface area contributed by atoms with Gasteiger partial charge in [0.05, 0.1) is 25.5 Å². The fourth-order valence-electron chi connectivity index (χ4n) is 3.02. The lowest BCUT2D eigenvalue weighted by molar-refractivity contribution is 0.0949. The van der Waals surface area contributed by atoms with E-state index in [4.69, 9.17) is 9.47 Å². The molecule has 7 heteroatoms. The monoisotopic (exact) mass is 356 g/mol. The van der Waals surface area contributed by atoms with Crippen LogP contribution < -0.4 is 19.7 Å². The molecule has 0 aliphatic carbocycles. The number of aromatic nitrogens is 2. The Kier molecular flexibility index (Phi) is 5.55. The first-order valence-electron chi connectivity index (χ1n) is 8.70. The van der Waals surface area contributed by atoms with Crippen molar-refractivity contribution in [3.05, 3.63) is 41.2 Å². The fourth-order valence-corrected chi connectivity index (χ4v) is 3.02. The van der Waals surface area contributed by atoms with Crippen LogP contribution in [0.2, 0.25) is 0 Å². The van der Waals surface area contributed by atoms with Crippen molar-refractivity contribution in [1.82, 2.24) is 15.3 Å². The minimum Gasteiger partial charge on any atom is -0.493 e. The van der Waals surface area contributed by atoms with Crippen LogP contribution in [-0.2, 0) is 6.54 Å². The van der Waals surface area contributed by atoms with Crippen molar-refractivity contribution >= 4 is 11.9 Å².